The molecule has 0 spiro atoms. The number of ether oxygens (including phenoxy) is 1. The summed E-state index contributed by atoms with van der Waals surface area (Å²) in [5.74, 6) is -0.0836. The van der Waals surface area contributed by atoms with E-state index in [1.807, 2.05) is 0 Å². The molecule has 3 aromatic rings. The molecule has 6 nitrogen and oxygen atoms in total. The van der Waals surface area contributed by atoms with Crippen molar-refractivity contribution in [3.8, 4) is 11.5 Å². The van der Waals surface area contributed by atoms with Crippen LogP contribution in [0.1, 0.15) is 16.1 Å². The van der Waals surface area contributed by atoms with Gasteiger partial charge in [-0.1, -0.05) is 42.2 Å². The number of pyridine rings is 1. The molecule has 2 heterocycles. The predicted molar refractivity (Wildman–Crippen MR) is 126 cm³/mol. The van der Waals surface area contributed by atoms with E-state index in [0.717, 1.165) is 11.8 Å². The van der Waals surface area contributed by atoms with Crippen molar-refractivity contribution in [1.82, 2.24) is 10.3 Å². The summed E-state index contributed by atoms with van der Waals surface area (Å²) in [6, 6.07) is 16.2. The Hall–Kier alpha value is -3.56. The van der Waals surface area contributed by atoms with Crippen molar-refractivity contribution in [3.63, 3.8) is 0 Å². The zero-order valence-electron chi connectivity index (χ0n) is 16.7. The number of carbonyl (C=O) groups excluding carboxylic acids is 2. The molecule has 1 aromatic heterocycles. The molecule has 0 aliphatic carbocycles. The summed E-state index contributed by atoms with van der Waals surface area (Å²) < 4.78 is 20.1. The van der Waals surface area contributed by atoms with Crippen LogP contribution >= 0.6 is 24.0 Å². The number of anilines is 1. The Morgan fingerprint density at radius 1 is 1.16 bits per heavy atom. The van der Waals surface area contributed by atoms with E-state index >= 15 is 0 Å². The highest BCUT2D eigenvalue weighted by Crippen LogP contribution is 2.37. The number of amides is 2. The molecule has 32 heavy (non-hydrogen) atoms. The predicted octanol–water partition coefficient (Wildman–Crippen LogP) is 4.78. The summed E-state index contributed by atoms with van der Waals surface area (Å²) in [7, 11) is 1.52. The minimum atomic E-state index is -0.407. The monoisotopic (exact) mass is 465 g/mol. The fraction of sp³-hybridized carbons (Fsp3) is 0.0435. The Morgan fingerprint density at radius 2 is 1.91 bits per heavy atom. The quantitative estimate of drug-likeness (QED) is 0.432. The number of halogens is 1. The van der Waals surface area contributed by atoms with Crippen LogP contribution in [0.3, 0.4) is 0 Å². The van der Waals surface area contributed by atoms with Crippen LogP contribution < -0.4 is 15.0 Å². The van der Waals surface area contributed by atoms with Crippen LogP contribution in [0.4, 0.5) is 10.1 Å². The van der Waals surface area contributed by atoms with Crippen molar-refractivity contribution < 1.29 is 18.7 Å². The number of nitrogens with zero attached hydrogens (tertiary/aromatic N) is 2. The molecule has 1 aliphatic rings. The van der Waals surface area contributed by atoms with Crippen LogP contribution in [0.2, 0.25) is 0 Å². The van der Waals surface area contributed by atoms with Crippen molar-refractivity contribution in [2.24, 2.45) is 0 Å². The largest absolute Gasteiger partial charge is 0.457 e. The van der Waals surface area contributed by atoms with E-state index in [2.05, 4.69) is 10.3 Å². The number of benzene rings is 2. The lowest BCUT2D eigenvalue weighted by Crippen LogP contribution is -2.27. The third kappa shape index (κ3) is 4.53. The van der Waals surface area contributed by atoms with Gasteiger partial charge in [0.25, 0.3) is 11.8 Å². The topological polar surface area (TPSA) is 71.5 Å². The van der Waals surface area contributed by atoms with Gasteiger partial charge in [-0.15, -0.1) is 0 Å². The van der Waals surface area contributed by atoms with Crippen LogP contribution in [0, 0.1) is 5.82 Å². The molecule has 0 bridgehead atoms. The molecule has 9 heteroatoms. The lowest BCUT2D eigenvalue weighted by molar-refractivity contribution is -0.113. The zero-order chi connectivity index (χ0) is 22.7. The summed E-state index contributed by atoms with van der Waals surface area (Å²) in [6.07, 6.45) is 2.98. The summed E-state index contributed by atoms with van der Waals surface area (Å²) in [6.45, 7) is 0. The molecule has 2 amide bonds. The molecular weight excluding hydrogens is 449 g/mol. The van der Waals surface area contributed by atoms with E-state index in [1.54, 1.807) is 48.5 Å². The van der Waals surface area contributed by atoms with E-state index in [-0.39, 0.29) is 17.5 Å². The molecule has 4 rings (SSSR count). The van der Waals surface area contributed by atoms with Gasteiger partial charge < -0.3 is 10.1 Å². The van der Waals surface area contributed by atoms with Gasteiger partial charge in [-0.3, -0.25) is 19.5 Å². The van der Waals surface area contributed by atoms with Gasteiger partial charge in [-0.2, -0.15) is 0 Å². The second-order valence-electron chi connectivity index (χ2n) is 6.59. The molecule has 0 saturated carbocycles. The highest BCUT2D eigenvalue weighted by Gasteiger charge is 2.33. The molecular formula is C23H16FN3O3S2. The fourth-order valence-corrected chi connectivity index (χ4v) is 4.24. The van der Waals surface area contributed by atoms with E-state index in [9.17, 15) is 14.0 Å². The first-order valence-corrected chi connectivity index (χ1v) is 10.7. The number of hydrogen-bond donors (Lipinski definition) is 1. The first-order valence-electron chi connectivity index (χ1n) is 9.45. The lowest BCUT2D eigenvalue weighted by Gasteiger charge is -2.15. The molecule has 0 atom stereocenters. The van der Waals surface area contributed by atoms with Crippen molar-refractivity contribution in [1.29, 1.82) is 0 Å². The maximum Gasteiger partial charge on any atom is 0.270 e. The molecule has 160 valence electrons. The van der Waals surface area contributed by atoms with Gasteiger partial charge >= 0.3 is 0 Å². The van der Waals surface area contributed by atoms with Crippen molar-refractivity contribution >= 4 is 51.9 Å². The molecule has 1 N–H and O–H groups in total. The van der Waals surface area contributed by atoms with E-state index < -0.39 is 5.82 Å². The van der Waals surface area contributed by atoms with Gasteiger partial charge in [0.2, 0.25) is 0 Å². The van der Waals surface area contributed by atoms with Gasteiger partial charge in [-0.05, 0) is 42.5 Å². The Kier molecular flexibility index (Phi) is 6.29. The van der Waals surface area contributed by atoms with Crippen molar-refractivity contribution in [2.45, 2.75) is 0 Å². The summed E-state index contributed by atoms with van der Waals surface area (Å²) in [5, 5.41) is 2.51. The van der Waals surface area contributed by atoms with E-state index in [4.69, 9.17) is 17.0 Å². The number of aromatic nitrogens is 1. The van der Waals surface area contributed by atoms with Crippen LogP contribution in [0.15, 0.2) is 71.8 Å². The average molecular weight is 466 g/mol. The molecule has 1 saturated heterocycles. The van der Waals surface area contributed by atoms with Gasteiger partial charge in [-0.25, -0.2) is 4.39 Å². The van der Waals surface area contributed by atoms with Gasteiger partial charge in [0.05, 0.1) is 10.6 Å². The second-order valence-corrected chi connectivity index (χ2v) is 8.27. The number of thiocarbonyl (C=S) groups is 1. The number of rotatable bonds is 5. The first kappa shape index (κ1) is 21.7. The zero-order valence-corrected chi connectivity index (χ0v) is 18.4. The normalized spacial score (nSPS) is 14.7. The Morgan fingerprint density at radius 3 is 2.62 bits per heavy atom. The van der Waals surface area contributed by atoms with Crippen molar-refractivity contribution in [3.05, 3.63) is 88.8 Å². The van der Waals surface area contributed by atoms with Gasteiger partial charge in [0.15, 0.2) is 4.32 Å². The average Bonchev–Trinajstić information content (AvgIpc) is 3.08. The molecule has 0 radical (unpaired) electrons. The maximum absolute atomic E-state index is 13.9. The van der Waals surface area contributed by atoms with Crippen LogP contribution in [-0.4, -0.2) is 28.2 Å². The van der Waals surface area contributed by atoms with Crippen LogP contribution in [0.5, 0.6) is 11.5 Å². The third-order valence-corrected chi connectivity index (χ3v) is 5.81. The minimum Gasteiger partial charge on any atom is -0.457 e. The smallest absolute Gasteiger partial charge is 0.270 e. The second kappa shape index (κ2) is 9.29. The Bertz CT molecular complexity index is 1250. The summed E-state index contributed by atoms with van der Waals surface area (Å²) >= 11 is 6.49. The molecule has 2 aromatic carbocycles. The maximum atomic E-state index is 13.9. The van der Waals surface area contributed by atoms with Crippen molar-refractivity contribution in [2.75, 3.05) is 11.9 Å². The summed E-state index contributed by atoms with van der Waals surface area (Å²) in [4.78, 5) is 30.4. The first-order chi connectivity index (χ1) is 15.5. The van der Waals surface area contributed by atoms with E-state index in [0.29, 0.717) is 32.0 Å². The lowest BCUT2D eigenvalue weighted by atomic mass is 10.2. The molecule has 0 unspecified atom stereocenters. The molecule has 1 aliphatic heterocycles. The Labute approximate surface area is 193 Å². The summed E-state index contributed by atoms with van der Waals surface area (Å²) in [5.41, 5.74) is 1.13. The minimum absolute atomic E-state index is 0.237. The fourth-order valence-electron chi connectivity index (χ4n) is 2.95. The number of hydrogen-bond acceptors (Lipinski definition) is 6. The van der Waals surface area contributed by atoms with Gasteiger partial charge in [0.1, 0.15) is 23.0 Å². The molecule has 1 fully saturated rings. The van der Waals surface area contributed by atoms with Gasteiger partial charge in [0, 0.05) is 24.9 Å². The van der Waals surface area contributed by atoms with Crippen LogP contribution in [0.25, 0.3) is 6.08 Å². The standard InChI is InChI=1S/C23H16FN3O3S2/c1-25-21(28)19-13-17(10-11-26-19)30-16-8-6-15(7-9-16)27-22(29)20(32-23(27)31)12-14-4-2-3-5-18(14)24/h2-13H,1H3,(H,25,28)/b20-12-. The number of thioether (sulfide) groups is 1. The van der Waals surface area contributed by atoms with Crippen LogP contribution in [-0.2, 0) is 4.79 Å². The third-order valence-electron chi connectivity index (χ3n) is 4.51. The highest BCUT2D eigenvalue weighted by molar-refractivity contribution is 8.27. The number of carbonyl (C=O) groups is 2. The number of nitrogens with one attached hydrogen (secondary N) is 1. The van der Waals surface area contributed by atoms with E-state index in [1.165, 1.54) is 36.4 Å². The Balaban J connectivity index is 1.52. The highest BCUT2D eigenvalue weighted by atomic mass is 32.2. The SMILES string of the molecule is CNC(=O)c1cc(Oc2ccc(N3C(=O)/C(=C/c4ccccc4F)SC3=S)cc2)ccn1.